The van der Waals surface area contributed by atoms with Crippen LogP contribution in [-0.4, -0.2) is 53.8 Å². The number of carbonyl (C=O) groups excluding carboxylic acids is 1. The average Bonchev–Trinajstić information content (AvgIpc) is 3.12. The average molecular weight is 348 g/mol. The molecule has 2 fully saturated rings. The molecule has 2 saturated heterocycles. The molecule has 0 radical (unpaired) electrons. The van der Waals surface area contributed by atoms with Crippen LogP contribution in [0.4, 0.5) is 0 Å². The lowest BCUT2D eigenvalue weighted by molar-refractivity contribution is -0.212. The minimum Gasteiger partial charge on any atom is -0.465 e. The van der Waals surface area contributed by atoms with E-state index in [2.05, 4.69) is 10.0 Å². The summed E-state index contributed by atoms with van der Waals surface area (Å²) < 4.78 is 10.6. The van der Waals surface area contributed by atoms with E-state index in [9.17, 15) is 9.90 Å². The molecule has 9 heteroatoms. The van der Waals surface area contributed by atoms with E-state index < -0.39 is 36.4 Å². The third-order valence-corrected chi connectivity index (χ3v) is 4.36. The molecule has 25 heavy (non-hydrogen) atoms. The Morgan fingerprint density at radius 1 is 1.44 bits per heavy atom. The van der Waals surface area contributed by atoms with Gasteiger partial charge >= 0.3 is 5.97 Å². The Labute approximate surface area is 144 Å². The summed E-state index contributed by atoms with van der Waals surface area (Å²) in [6.07, 6.45) is -2.40. The number of rotatable bonds is 6. The lowest BCUT2D eigenvalue weighted by atomic mass is 9.93. The molecule has 2 aliphatic rings. The standard InChI is InChI=1S/C16H20N4O5/c1-2-23-16(22)13-12-14(11(8-18-19-17)24-15(12)21)25-20(13)9-10-6-4-3-5-7-10/h3-7,11-15,21H,2,8-9H2,1H3/t11-,12-,13+,14-,15?/m1/s1. The van der Waals surface area contributed by atoms with Gasteiger partial charge in [0.05, 0.1) is 31.7 Å². The Kier molecular flexibility index (Phi) is 5.52. The van der Waals surface area contributed by atoms with Gasteiger partial charge in [0.15, 0.2) is 6.29 Å². The molecule has 2 heterocycles. The van der Waals surface area contributed by atoms with Crippen molar-refractivity contribution in [2.24, 2.45) is 11.0 Å². The SMILES string of the molecule is CCOC(=O)[C@@H]1[C@H]2C(O)O[C@H](CN=[N+]=[N-])[C@H]2ON1Cc1ccccc1. The Bertz CT molecular complexity index is 651. The van der Waals surface area contributed by atoms with Gasteiger partial charge in [0.1, 0.15) is 12.1 Å². The zero-order valence-corrected chi connectivity index (χ0v) is 13.8. The predicted octanol–water partition coefficient (Wildman–Crippen LogP) is 1.38. The molecular weight excluding hydrogens is 328 g/mol. The van der Waals surface area contributed by atoms with Gasteiger partial charge in [-0.3, -0.25) is 9.63 Å². The predicted molar refractivity (Wildman–Crippen MR) is 85.7 cm³/mol. The number of fused-ring (bicyclic) bond motifs is 1. The van der Waals surface area contributed by atoms with Gasteiger partial charge in [0.2, 0.25) is 0 Å². The van der Waals surface area contributed by atoms with Crippen LogP contribution >= 0.6 is 0 Å². The highest BCUT2D eigenvalue weighted by atomic mass is 16.7. The number of azide groups is 1. The number of carbonyl (C=O) groups is 1. The molecule has 0 aliphatic carbocycles. The van der Waals surface area contributed by atoms with Gasteiger partial charge in [-0.2, -0.15) is 5.06 Å². The summed E-state index contributed by atoms with van der Waals surface area (Å²) in [4.78, 5) is 21.1. The van der Waals surface area contributed by atoms with E-state index in [1.165, 1.54) is 5.06 Å². The number of aliphatic hydroxyl groups is 1. The number of hydrogen-bond donors (Lipinski definition) is 1. The highest BCUT2D eigenvalue weighted by Crippen LogP contribution is 2.40. The smallest absolute Gasteiger partial charge is 0.326 e. The molecule has 0 spiro atoms. The van der Waals surface area contributed by atoms with Crippen LogP contribution in [0.1, 0.15) is 12.5 Å². The lowest BCUT2D eigenvalue weighted by Gasteiger charge is -2.25. The first kappa shape index (κ1) is 17.7. The van der Waals surface area contributed by atoms with Crippen LogP contribution in [0.3, 0.4) is 0 Å². The minimum absolute atomic E-state index is 0.0173. The highest BCUT2D eigenvalue weighted by Gasteiger charge is 2.59. The molecule has 1 aromatic rings. The van der Waals surface area contributed by atoms with Gasteiger partial charge in [-0.15, -0.1) is 0 Å². The molecule has 1 aromatic carbocycles. The van der Waals surface area contributed by atoms with Gasteiger partial charge < -0.3 is 14.6 Å². The largest absolute Gasteiger partial charge is 0.465 e. The van der Waals surface area contributed by atoms with Gasteiger partial charge in [0.25, 0.3) is 0 Å². The first-order chi connectivity index (χ1) is 12.2. The second-order valence-corrected chi connectivity index (χ2v) is 5.88. The first-order valence-electron chi connectivity index (χ1n) is 8.14. The monoisotopic (exact) mass is 348 g/mol. The fraction of sp³-hybridized carbons (Fsp3) is 0.562. The molecular formula is C16H20N4O5. The van der Waals surface area contributed by atoms with Crippen molar-refractivity contribution in [2.45, 2.75) is 38.0 Å². The summed E-state index contributed by atoms with van der Waals surface area (Å²) >= 11 is 0. The third kappa shape index (κ3) is 3.60. The second-order valence-electron chi connectivity index (χ2n) is 5.88. The molecule has 2 aliphatic heterocycles. The molecule has 9 nitrogen and oxygen atoms in total. The topological polar surface area (TPSA) is 117 Å². The number of benzene rings is 1. The summed E-state index contributed by atoms with van der Waals surface area (Å²) in [5.74, 6) is -1.08. The van der Waals surface area contributed by atoms with E-state index in [1.54, 1.807) is 6.92 Å². The molecule has 3 rings (SSSR count). The maximum Gasteiger partial charge on any atom is 0.326 e. The molecule has 1 N–H and O–H groups in total. The number of esters is 1. The Hall–Kier alpha value is -2.16. The zero-order chi connectivity index (χ0) is 17.8. The van der Waals surface area contributed by atoms with Crippen molar-refractivity contribution in [3.8, 4) is 0 Å². The van der Waals surface area contributed by atoms with Crippen LogP contribution in [0.2, 0.25) is 0 Å². The van der Waals surface area contributed by atoms with Gasteiger partial charge in [-0.05, 0) is 18.0 Å². The summed E-state index contributed by atoms with van der Waals surface area (Å²) in [5.41, 5.74) is 9.46. The van der Waals surface area contributed by atoms with Crippen molar-refractivity contribution in [3.05, 3.63) is 46.3 Å². The number of nitrogens with zero attached hydrogens (tertiary/aromatic N) is 4. The van der Waals surface area contributed by atoms with Crippen molar-refractivity contribution in [3.63, 3.8) is 0 Å². The summed E-state index contributed by atoms with van der Waals surface area (Å²) in [7, 11) is 0. The van der Waals surface area contributed by atoms with Crippen LogP contribution in [0, 0.1) is 5.92 Å². The van der Waals surface area contributed by atoms with Crippen LogP contribution < -0.4 is 0 Å². The van der Waals surface area contributed by atoms with E-state index in [0.717, 1.165) is 5.56 Å². The van der Waals surface area contributed by atoms with Crippen LogP contribution in [0.15, 0.2) is 35.4 Å². The molecule has 5 atom stereocenters. The van der Waals surface area contributed by atoms with E-state index in [4.69, 9.17) is 19.8 Å². The molecule has 0 amide bonds. The maximum absolute atomic E-state index is 12.5. The van der Waals surface area contributed by atoms with Crippen molar-refractivity contribution in [2.75, 3.05) is 13.2 Å². The van der Waals surface area contributed by atoms with Gasteiger partial charge in [-0.1, -0.05) is 35.4 Å². The van der Waals surface area contributed by atoms with Crippen molar-refractivity contribution in [1.29, 1.82) is 0 Å². The molecule has 0 saturated carbocycles. The number of ether oxygens (including phenoxy) is 2. The summed E-state index contributed by atoms with van der Waals surface area (Å²) in [5, 5.41) is 15.3. The molecule has 134 valence electrons. The third-order valence-electron chi connectivity index (χ3n) is 4.36. The number of hydroxylamine groups is 2. The molecule has 0 aromatic heterocycles. The zero-order valence-electron chi connectivity index (χ0n) is 13.8. The fourth-order valence-corrected chi connectivity index (χ4v) is 3.31. The van der Waals surface area contributed by atoms with Crippen molar-refractivity contribution < 1.29 is 24.2 Å². The first-order valence-corrected chi connectivity index (χ1v) is 8.14. The maximum atomic E-state index is 12.5. The second kappa shape index (κ2) is 7.81. The van der Waals surface area contributed by atoms with Crippen LogP contribution in [0.25, 0.3) is 10.4 Å². The van der Waals surface area contributed by atoms with Crippen molar-refractivity contribution >= 4 is 5.97 Å². The van der Waals surface area contributed by atoms with Gasteiger partial charge in [0, 0.05) is 4.91 Å². The van der Waals surface area contributed by atoms with Crippen molar-refractivity contribution in [1.82, 2.24) is 5.06 Å². The number of hydrogen-bond acceptors (Lipinski definition) is 7. The molecule has 1 unspecified atom stereocenters. The Balaban J connectivity index is 1.84. The number of aliphatic hydroxyl groups excluding tert-OH is 1. The van der Waals surface area contributed by atoms with E-state index in [1.807, 2.05) is 30.3 Å². The van der Waals surface area contributed by atoms with Crippen LogP contribution in [0.5, 0.6) is 0 Å². The Morgan fingerprint density at radius 2 is 2.20 bits per heavy atom. The van der Waals surface area contributed by atoms with E-state index in [-0.39, 0.29) is 13.2 Å². The van der Waals surface area contributed by atoms with E-state index >= 15 is 0 Å². The summed E-state index contributed by atoms with van der Waals surface area (Å²) in [6, 6.07) is 8.74. The van der Waals surface area contributed by atoms with E-state index in [0.29, 0.717) is 6.54 Å². The van der Waals surface area contributed by atoms with Crippen LogP contribution in [-0.2, 0) is 25.7 Å². The Morgan fingerprint density at radius 3 is 2.88 bits per heavy atom. The fourth-order valence-electron chi connectivity index (χ4n) is 3.31. The summed E-state index contributed by atoms with van der Waals surface area (Å²) in [6.45, 7) is 2.32. The van der Waals surface area contributed by atoms with Gasteiger partial charge in [-0.25, -0.2) is 0 Å². The lowest BCUT2D eigenvalue weighted by Crippen LogP contribution is -2.43. The quantitative estimate of drug-likeness (QED) is 0.359. The normalized spacial score (nSPS) is 31.4. The molecule has 0 bridgehead atoms. The minimum atomic E-state index is -1.20. The highest BCUT2D eigenvalue weighted by molar-refractivity contribution is 5.76.